The molecule has 1 aliphatic heterocycles. The van der Waals surface area contributed by atoms with E-state index in [2.05, 4.69) is 15.2 Å². The summed E-state index contributed by atoms with van der Waals surface area (Å²) < 4.78 is 11.5. The lowest BCUT2D eigenvalue weighted by molar-refractivity contribution is 0.0323. The summed E-state index contributed by atoms with van der Waals surface area (Å²) in [6, 6.07) is 17.3. The molecule has 0 bridgehead atoms. The molecule has 7 nitrogen and oxygen atoms in total. The van der Waals surface area contributed by atoms with Crippen LogP contribution in [0.25, 0.3) is 10.8 Å². The summed E-state index contributed by atoms with van der Waals surface area (Å²) in [5.41, 5.74) is 1.12. The van der Waals surface area contributed by atoms with Gasteiger partial charge in [-0.05, 0) is 31.2 Å². The highest BCUT2D eigenvalue weighted by molar-refractivity contribution is 6.09. The minimum absolute atomic E-state index is 0.234. The van der Waals surface area contributed by atoms with E-state index in [1.54, 1.807) is 6.07 Å². The minimum atomic E-state index is -0.234. The van der Waals surface area contributed by atoms with Crippen LogP contribution in [0, 0.1) is 0 Å². The van der Waals surface area contributed by atoms with Crippen molar-refractivity contribution in [2.75, 3.05) is 63.3 Å². The molecule has 32 heavy (non-hydrogen) atoms. The fraction of sp³-hybridized carbons (Fsp3) is 0.360. The Hall–Kier alpha value is -3.16. The molecule has 168 valence electrons. The number of anilines is 2. The van der Waals surface area contributed by atoms with Crippen LogP contribution in [0.2, 0.25) is 0 Å². The molecule has 1 N–H and O–H groups in total. The van der Waals surface area contributed by atoms with E-state index in [4.69, 9.17) is 9.47 Å². The van der Waals surface area contributed by atoms with Crippen molar-refractivity contribution in [3.05, 3.63) is 60.3 Å². The Morgan fingerprint density at radius 2 is 1.88 bits per heavy atom. The maximum atomic E-state index is 12.9. The fourth-order valence-electron chi connectivity index (χ4n) is 3.73. The molecule has 2 aromatic carbocycles. The summed E-state index contributed by atoms with van der Waals surface area (Å²) in [5.74, 6) is 1.35. The molecule has 0 aliphatic carbocycles. The number of hydrogen-bond donors (Lipinski definition) is 1. The second kappa shape index (κ2) is 10.4. The van der Waals surface area contributed by atoms with Gasteiger partial charge in [0.15, 0.2) is 0 Å². The van der Waals surface area contributed by atoms with Crippen LogP contribution in [0.1, 0.15) is 17.4 Å². The van der Waals surface area contributed by atoms with E-state index in [9.17, 15) is 4.79 Å². The topological polar surface area (TPSA) is 66.9 Å². The zero-order valence-corrected chi connectivity index (χ0v) is 18.7. The molecule has 1 aromatic heterocycles. The molecule has 0 spiro atoms. The van der Waals surface area contributed by atoms with Crippen molar-refractivity contribution in [3.8, 4) is 5.75 Å². The molecule has 0 unspecified atom stereocenters. The normalized spacial score (nSPS) is 14.3. The SMILES string of the molecule is CCN(C)c1cccc(C(=O)Nc2ccc(OCCN3CCOCC3)c3ccccc23)n1. The molecule has 0 radical (unpaired) electrons. The Kier molecular flexibility index (Phi) is 7.19. The largest absolute Gasteiger partial charge is 0.492 e. The molecule has 1 saturated heterocycles. The van der Waals surface area contributed by atoms with Gasteiger partial charge in [0.25, 0.3) is 5.91 Å². The summed E-state index contributed by atoms with van der Waals surface area (Å²) in [7, 11) is 1.95. The van der Waals surface area contributed by atoms with Crippen LogP contribution in [-0.4, -0.2) is 68.8 Å². The third-order valence-corrected chi connectivity index (χ3v) is 5.73. The third kappa shape index (κ3) is 5.18. The number of carbonyl (C=O) groups is 1. The molecule has 1 aliphatic rings. The molecule has 3 aromatic rings. The summed E-state index contributed by atoms with van der Waals surface area (Å²) >= 11 is 0. The molecule has 4 rings (SSSR count). The summed E-state index contributed by atoms with van der Waals surface area (Å²) in [6.45, 7) is 7.78. The summed E-state index contributed by atoms with van der Waals surface area (Å²) in [4.78, 5) is 21.8. The third-order valence-electron chi connectivity index (χ3n) is 5.73. The first-order valence-corrected chi connectivity index (χ1v) is 11.1. The van der Waals surface area contributed by atoms with E-state index in [0.29, 0.717) is 12.3 Å². The highest BCUT2D eigenvalue weighted by Gasteiger charge is 2.14. The van der Waals surface area contributed by atoms with Crippen LogP contribution in [0.4, 0.5) is 11.5 Å². The predicted molar refractivity (Wildman–Crippen MR) is 128 cm³/mol. The number of carbonyl (C=O) groups excluding carboxylic acids is 1. The lowest BCUT2D eigenvalue weighted by Gasteiger charge is -2.26. The van der Waals surface area contributed by atoms with Crippen molar-refractivity contribution in [2.45, 2.75) is 6.92 Å². The van der Waals surface area contributed by atoms with E-state index in [1.165, 1.54) is 0 Å². The van der Waals surface area contributed by atoms with Crippen LogP contribution in [-0.2, 0) is 4.74 Å². The number of fused-ring (bicyclic) bond motifs is 1. The second-order valence-corrected chi connectivity index (χ2v) is 7.81. The first kappa shape index (κ1) is 22.0. The Labute approximate surface area is 188 Å². The van der Waals surface area contributed by atoms with Gasteiger partial charge in [0, 0.05) is 49.7 Å². The number of nitrogens with zero attached hydrogens (tertiary/aromatic N) is 3. The molecule has 1 fully saturated rings. The van der Waals surface area contributed by atoms with Crippen molar-refractivity contribution in [2.24, 2.45) is 0 Å². The first-order chi connectivity index (χ1) is 15.7. The number of nitrogens with one attached hydrogen (secondary N) is 1. The minimum Gasteiger partial charge on any atom is -0.492 e. The Balaban J connectivity index is 1.49. The van der Waals surface area contributed by atoms with Gasteiger partial charge >= 0.3 is 0 Å². The van der Waals surface area contributed by atoms with Crippen LogP contribution in [0.15, 0.2) is 54.6 Å². The number of hydrogen-bond acceptors (Lipinski definition) is 6. The molecule has 0 atom stereocenters. The number of rotatable bonds is 8. The average molecular weight is 435 g/mol. The number of pyridine rings is 1. The van der Waals surface area contributed by atoms with Gasteiger partial charge in [-0.1, -0.05) is 30.3 Å². The van der Waals surface area contributed by atoms with Gasteiger partial charge in [0.05, 0.1) is 13.2 Å². The predicted octanol–water partition coefficient (Wildman–Crippen LogP) is 3.65. The maximum Gasteiger partial charge on any atom is 0.274 e. The molecule has 0 saturated carbocycles. The van der Waals surface area contributed by atoms with Crippen LogP contribution < -0.4 is 15.0 Å². The Bertz CT molecular complexity index is 1070. The van der Waals surface area contributed by atoms with E-state index in [0.717, 1.165) is 67.4 Å². The second-order valence-electron chi connectivity index (χ2n) is 7.81. The maximum absolute atomic E-state index is 12.9. The van der Waals surface area contributed by atoms with Crippen molar-refractivity contribution >= 4 is 28.2 Å². The van der Waals surface area contributed by atoms with E-state index in [1.807, 2.05) is 67.4 Å². The van der Waals surface area contributed by atoms with Crippen molar-refractivity contribution in [1.29, 1.82) is 0 Å². The summed E-state index contributed by atoms with van der Waals surface area (Å²) in [6.07, 6.45) is 0. The lowest BCUT2D eigenvalue weighted by Crippen LogP contribution is -2.38. The monoisotopic (exact) mass is 434 g/mol. The zero-order valence-electron chi connectivity index (χ0n) is 18.7. The Morgan fingerprint density at radius 1 is 1.09 bits per heavy atom. The van der Waals surface area contributed by atoms with Gasteiger partial charge in [-0.25, -0.2) is 4.98 Å². The average Bonchev–Trinajstić information content (AvgIpc) is 2.85. The highest BCUT2D eigenvalue weighted by Crippen LogP contribution is 2.32. The van der Waals surface area contributed by atoms with Crippen LogP contribution >= 0.6 is 0 Å². The van der Waals surface area contributed by atoms with Gasteiger partial charge in [-0.2, -0.15) is 0 Å². The van der Waals surface area contributed by atoms with Gasteiger partial charge in [0.2, 0.25) is 0 Å². The summed E-state index contributed by atoms with van der Waals surface area (Å²) in [5, 5.41) is 4.93. The number of morpholine rings is 1. The molecule has 1 amide bonds. The molecular weight excluding hydrogens is 404 g/mol. The van der Waals surface area contributed by atoms with Gasteiger partial charge in [-0.15, -0.1) is 0 Å². The van der Waals surface area contributed by atoms with E-state index in [-0.39, 0.29) is 5.91 Å². The van der Waals surface area contributed by atoms with Gasteiger partial charge in [-0.3, -0.25) is 9.69 Å². The number of aromatic nitrogens is 1. The lowest BCUT2D eigenvalue weighted by atomic mass is 10.1. The van der Waals surface area contributed by atoms with Gasteiger partial charge < -0.3 is 19.7 Å². The highest BCUT2D eigenvalue weighted by atomic mass is 16.5. The number of benzene rings is 2. The Morgan fingerprint density at radius 3 is 2.66 bits per heavy atom. The molecular formula is C25H30N4O3. The van der Waals surface area contributed by atoms with E-state index >= 15 is 0 Å². The van der Waals surface area contributed by atoms with Crippen molar-refractivity contribution in [1.82, 2.24) is 9.88 Å². The van der Waals surface area contributed by atoms with Crippen molar-refractivity contribution < 1.29 is 14.3 Å². The van der Waals surface area contributed by atoms with Crippen LogP contribution in [0.3, 0.4) is 0 Å². The van der Waals surface area contributed by atoms with Crippen LogP contribution in [0.5, 0.6) is 5.75 Å². The smallest absolute Gasteiger partial charge is 0.274 e. The fourth-order valence-corrected chi connectivity index (χ4v) is 3.73. The standard InChI is InChI=1S/C25H30N4O3/c1-3-28(2)24-10-6-9-22(26-24)25(30)27-21-11-12-23(20-8-5-4-7-19(20)21)32-18-15-29-13-16-31-17-14-29/h4-12H,3,13-18H2,1-2H3,(H,27,30). The number of ether oxygens (including phenoxy) is 2. The first-order valence-electron chi connectivity index (χ1n) is 11.1. The zero-order chi connectivity index (χ0) is 22.3. The molecule has 7 heteroatoms. The number of amides is 1. The molecule has 2 heterocycles. The van der Waals surface area contributed by atoms with Gasteiger partial charge in [0.1, 0.15) is 23.9 Å². The quantitative estimate of drug-likeness (QED) is 0.584. The van der Waals surface area contributed by atoms with E-state index < -0.39 is 0 Å². The van der Waals surface area contributed by atoms with Crippen molar-refractivity contribution in [3.63, 3.8) is 0 Å².